The highest BCUT2D eigenvalue weighted by atomic mass is 35.5. The van der Waals surface area contributed by atoms with Crippen LogP contribution in [0.4, 0.5) is 0 Å². The van der Waals surface area contributed by atoms with Crippen LogP contribution in [0.5, 0.6) is 11.5 Å². The third-order valence-electron chi connectivity index (χ3n) is 4.33. The molecule has 0 fully saturated rings. The summed E-state index contributed by atoms with van der Waals surface area (Å²) in [5.74, 6) is -0.751. The molecule has 0 radical (unpaired) electrons. The van der Waals surface area contributed by atoms with Gasteiger partial charge in [-0.1, -0.05) is 76.3 Å². The van der Waals surface area contributed by atoms with E-state index < -0.39 is 11.9 Å². The minimum atomic E-state index is -1.04. The third kappa shape index (κ3) is 6.33. The predicted molar refractivity (Wildman–Crippen MR) is 97.0 cm³/mol. The molecule has 136 valence electrons. The van der Waals surface area contributed by atoms with Crippen LogP contribution in [0.3, 0.4) is 0 Å². The lowest BCUT2D eigenvalue weighted by Gasteiger charge is -2.16. The molecule has 1 atom stereocenters. The number of phenols is 2. The number of benzene rings is 1. The number of phenolic OH excluding ortho intramolecular Hbond substituents is 2. The van der Waals surface area contributed by atoms with Gasteiger partial charge >= 0.3 is 0 Å². The van der Waals surface area contributed by atoms with Crippen molar-refractivity contribution >= 4 is 17.9 Å². The van der Waals surface area contributed by atoms with Crippen LogP contribution >= 0.6 is 11.6 Å². The van der Waals surface area contributed by atoms with Gasteiger partial charge in [-0.05, 0) is 12.5 Å². The second-order valence-corrected chi connectivity index (χ2v) is 6.72. The van der Waals surface area contributed by atoms with E-state index in [9.17, 15) is 20.1 Å². The molecule has 5 heteroatoms. The smallest absolute Gasteiger partial charge is 0.153 e. The Morgan fingerprint density at radius 3 is 2.08 bits per heavy atom. The highest BCUT2D eigenvalue weighted by molar-refractivity contribution is 6.32. The van der Waals surface area contributed by atoms with Gasteiger partial charge in [-0.2, -0.15) is 0 Å². The van der Waals surface area contributed by atoms with E-state index in [0.717, 1.165) is 19.3 Å². The summed E-state index contributed by atoms with van der Waals surface area (Å²) in [6, 6.07) is 1.19. The average Bonchev–Trinajstić information content (AvgIpc) is 2.56. The molecule has 0 saturated carbocycles. The van der Waals surface area contributed by atoms with Crippen molar-refractivity contribution in [2.75, 3.05) is 0 Å². The predicted octanol–water partition coefficient (Wildman–Crippen LogP) is 5.52. The lowest BCUT2D eigenvalue weighted by molar-refractivity contribution is 0.111. The van der Waals surface area contributed by atoms with E-state index in [1.54, 1.807) is 0 Å². The van der Waals surface area contributed by atoms with Crippen LogP contribution in [-0.2, 0) is 0 Å². The van der Waals surface area contributed by atoms with Gasteiger partial charge in [0.15, 0.2) is 6.29 Å². The molecular weight excluding hydrogens is 328 g/mol. The van der Waals surface area contributed by atoms with Crippen molar-refractivity contribution in [3.63, 3.8) is 0 Å². The van der Waals surface area contributed by atoms with Crippen LogP contribution in [0.15, 0.2) is 6.07 Å². The van der Waals surface area contributed by atoms with Crippen LogP contribution in [0.25, 0.3) is 0 Å². The van der Waals surface area contributed by atoms with Crippen LogP contribution < -0.4 is 0 Å². The van der Waals surface area contributed by atoms with Gasteiger partial charge in [0, 0.05) is 0 Å². The molecule has 0 aliphatic heterocycles. The molecule has 0 amide bonds. The lowest BCUT2D eigenvalue weighted by atomic mass is 9.98. The van der Waals surface area contributed by atoms with Crippen LogP contribution in [0.2, 0.25) is 5.02 Å². The summed E-state index contributed by atoms with van der Waals surface area (Å²) < 4.78 is 0. The second-order valence-electron chi connectivity index (χ2n) is 6.31. The SMILES string of the molecule is CCCCCCCCCCCC(O)c1c(O)c(Cl)cc(C=O)c1O. The molecular formula is C19H29ClO4. The maximum atomic E-state index is 10.9. The van der Waals surface area contributed by atoms with E-state index >= 15 is 0 Å². The van der Waals surface area contributed by atoms with Crippen LogP contribution in [0.1, 0.15) is 93.2 Å². The maximum Gasteiger partial charge on any atom is 0.153 e. The molecule has 1 aromatic rings. The standard InChI is InChI=1S/C19H29ClO4/c1-2-3-4-5-6-7-8-9-10-11-16(22)17-18(23)14(13-21)12-15(20)19(17)24/h12-13,16,22-24H,2-11H2,1H3. The zero-order valence-corrected chi connectivity index (χ0v) is 15.2. The first-order valence-corrected chi connectivity index (χ1v) is 9.28. The third-order valence-corrected chi connectivity index (χ3v) is 4.62. The summed E-state index contributed by atoms with van der Waals surface area (Å²) in [5, 5.41) is 30.1. The zero-order chi connectivity index (χ0) is 17.9. The molecule has 0 aromatic heterocycles. The van der Waals surface area contributed by atoms with E-state index in [0.29, 0.717) is 12.7 Å². The van der Waals surface area contributed by atoms with Crippen molar-refractivity contribution in [1.29, 1.82) is 0 Å². The number of hydrogen-bond acceptors (Lipinski definition) is 4. The Morgan fingerprint density at radius 2 is 1.54 bits per heavy atom. The first kappa shape index (κ1) is 20.8. The highest BCUT2D eigenvalue weighted by Crippen LogP contribution is 2.41. The minimum absolute atomic E-state index is 0.0288. The van der Waals surface area contributed by atoms with Crippen molar-refractivity contribution in [2.45, 2.75) is 77.2 Å². The zero-order valence-electron chi connectivity index (χ0n) is 14.4. The van der Waals surface area contributed by atoms with Gasteiger partial charge in [0.25, 0.3) is 0 Å². The fraction of sp³-hybridized carbons (Fsp3) is 0.632. The number of aldehydes is 1. The Hall–Kier alpha value is -1.26. The summed E-state index contributed by atoms with van der Waals surface area (Å²) in [7, 11) is 0. The number of carbonyl (C=O) groups excluding carboxylic acids is 1. The molecule has 0 spiro atoms. The number of rotatable bonds is 12. The first-order valence-electron chi connectivity index (χ1n) is 8.90. The molecule has 4 nitrogen and oxygen atoms in total. The van der Waals surface area contributed by atoms with E-state index in [2.05, 4.69) is 6.92 Å². The van der Waals surface area contributed by atoms with Crippen molar-refractivity contribution in [1.82, 2.24) is 0 Å². The topological polar surface area (TPSA) is 77.8 Å². The maximum absolute atomic E-state index is 10.9. The van der Waals surface area contributed by atoms with Gasteiger partial charge in [-0.25, -0.2) is 0 Å². The monoisotopic (exact) mass is 356 g/mol. The van der Waals surface area contributed by atoms with Crippen molar-refractivity contribution in [3.05, 3.63) is 22.2 Å². The molecule has 0 aliphatic rings. The quantitative estimate of drug-likeness (QED) is 0.340. The largest absolute Gasteiger partial charge is 0.507 e. The molecule has 1 aromatic carbocycles. The van der Waals surface area contributed by atoms with E-state index in [1.807, 2.05) is 0 Å². The minimum Gasteiger partial charge on any atom is -0.507 e. The van der Waals surface area contributed by atoms with Crippen molar-refractivity contribution < 1.29 is 20.1 Å². The second kappa shape index (κ2) is 11.3. The molecule has 0 aliphatic carbocycles. The van der Waals surface area contributed by atoms with Gasteiger partial charge in [-0.3, -0.25) is 4.79 Å². The lowest BCUT2D eigenvalue weighted by Crippen LogP contribution is -2.01. The van der Waals surface area contributed by atoms with Crippen molar-refractivity contribution in [2.24, 2.45) is 0 Å². The van der Waals surface area contributed by atoms with Crippen molar-refractivity contribution in [3.8, 4) is 11.5 Å². The Labute approximate surface area is 149 Å². The summed E-state index contributed by atoms with van der Waals surface area (Å²) >= 11 is 5.84. The van der Waals surface area contributed by atoms with Crippen LogP contribution in [-0.4, -0.2) is 21.6 Å². The summed E-state index contributed by atoms with van der Waals surface area (Å²) in [6.07, 6.45) is 10.3. The highest BCUT2D eigenvalue weighted by Gasteiger charge is 2.22. The van der Waals surface area contributed by atoms with Gasteiger partial charge < -0.3 is 15.3 Å². The molecule has 0 heterocycles. The van der Waals surface area contributed by atoms with E-state index in [1.165, 1.54) is 44.6 Å². The Bertz CT molecular complexity index is 517. The first-order chi connectivity index (χ1) is 11.5. The molecule has 0 saturated heterocycles. The number of aliphatic hydroxyl groups is 1. The van der Waals surface area contributed by atoms with Gasteiger partial charge in [0.1, 0.15) is 11.5 Å². The van der Waals surface area contributed by atoms with Gasteiger partial charge in [0.2, 0.25) is 0 Å². The number of halogens is 1. The summed E-state index contributed by atoms with van der Waals surface area (Å²) in [5.41, 5.74) is -0.0805. The average molecular weight is 357 g/mol. The number of aliphatic hydroxyl groups excluding tert-OH is 1. The normalized spacial score (nSPS) is 12.3. The fourth-order valence-corrected chi connectivity index (χ4v) is 3.09. The number of hydrogen-bond donors (Lipinski definition) is 3. The van der Waals surface area contributed by atoms with Gasteiger partial charge in [0.05, 0.1) is 22.3 Å². The van der Waals surface area contributed by atoms with Crippen LogP contribution in [0, 0.1) is 0 Å². The number of carbonyl (C=O) groups is 1. The molecule has 24 heavy (non-hydrogen) atoms. The van der Waals surface area contributed by atoms with E-state index in [4.69, 9.17) is 11.6 Å². The van der Waals surface area contributed by atoms with E-state index in [-0.39, 0.29) is 21.9 Å². The summed E-state index contributed by atoms with van der Waals surface area (Å²) in [6.45, 7) is 2.21. The number of aromatic hydroxyl groups is 2. The number of unbranched alkanes of at least 4 members (excludes halogenated alkanes) is 8. The Morgan fingerprint density at radius 1 is 1.00 bits per heavy atom. The molecule has 0 bridgehead atoms. The molecule has 1 unspecified atom stereocenters. The molecule has 3 N–H and O–H groups in total. The van der Waals surface area contributed by atoms with Gasteiger partial charge in [-0.15, -0.1) is 0 Å². The fourth-order valence-electron chi connectivity index (χ4n) is 2.87. The molecule has 1 rings (SSSR count). The Kier molecular flexibility index (Phi) is 9.80. The Balaban J connectivity index is 2.40. The summed E-state index contributed by atoms with van der Waals surface area (Å²) in [4.78, 5) is 10.9.